The lowest BCUT2D eigenvalue weighted by Gasteiger charge is -2.23. The molecule has 1 saturated heterocycles. The highest BCUT2D eigenvalue weighted by molar-refractivity contribution is 5.91. The average molecular weight is 264 g/mol. The number of hydrogen-bond donors (Lipinski definition) is 2. The Morgan fingerprint density at radius 3 is 2.95 bits per heavy atom. The minimum atomic E-state index is -0.836. The summed E-state index contributed by atoms with van der Waals surface area (Å²) in [6.45, 7) is 5.63. The molecule has 1 heterocycles. The van der Waals surface area contributed by atoms with E-state index in [9.17, 15) is 15.0 Å². The van der Waals surface area contributed by atoms with Crippen molar-refractivity contribution in [1.82, 2.24) is 0 Å². The van der Waals surface area contributed by atoms with Crippen molar-refractivity contribution in [2.24, 2.45) is 5.92 Å². The van der Waals surface area contributed by atoms with Crippen LogP contribution in [0.5, 0.6) is 0 Å². The van der Waals surface area contributed by atoms with Crippen molar-refractivity contribution < 1.29 is 19.7 Å². The maximum absolute atomic E-state index is 11.6. The molecule has 1 aliphatic heterocycles. The van der Waals surface area contributed by atoms with Crippen LogP contribution in [0.25, 0.3) is 0 Å². The van der Waals surface area contributed by atoms with E-state index >= 15 is 0 Å². The SMILES string of the molecule is C=C1C(=O)O[C@H]2C/C(C)=C/CC/C(CO)=C/[C@@H](O)[C@H]12. The average Bonchev–Trinajstić information content (AvgIpc) is 2.63. The van der Waals surface area contributed by atoms with Gasteiger partial charge in [0.05, 0.1) is 18.6 Å². The summed E-state index contributed by atoms with van der Waals surface area (Å²) in [5, 5.41) is 19.6. The van der Waals surface area contributed by atoms with E-state index in [2.05, 4.69) is 12.7 Å². The summed E-state index contributed by atoms with van der Waals surface area (Å²) in [4.78, 5) is 11.6. The first-order chi connectivity index (χ1) is 9.02. The summed E-state index contributed by atoms with van der Waals surface area (Å²) in [6, 6.07) is 0. The molecule has 19 heavy (non-hydrogen) atoms. The molecule has 0 spiro atoms. The Hall–Kier alpha value is -1.39. The zero-order chi connectivity index (χ0) is 14.0. The van der Waals surface area contributed by atoms with Crippen LogP contribution in [0.1, 0.15) is 26.2 Å². The highest BCUT2D eigenvalue weighted by Crippen LogP contribution is 2.34. The minimum Gasteiger partial charge on any atom is -0.458 e. The molecule has 0 aromatic rings. The maximum atomic E-state index is 11.6. The first-order valence-corrected chi connectivity index (χ1v) is 6.57. The van der Waals surface area contributed by atoms with Crippen LogP contribution in [-0.4, -0.2) is 35.0 Å². The van der Waals surface area contributed by atoms with Crippen molar-refractivity contribution >= 4 is 5.97 Å². The second kappa shape index (κ2) is 5.72. The van der Waals surface area contributed by atoms with Gasteiger partial charge in [0.2, 0.25) is 0 Å². The molecule has 3 atom stereocenters. The van der Waals surface area contributed by atoms with Gasteiger partial charge in [-0.15, -0.1) is 0 Å². The summed E-state index contributed by atoms with van der Waals surface area (Å²) < 4.78 is 5.29. The molecule has 4 nitrogen and oxygen atoms in total. The van der Waals surface area contributed by atoms with Crippen LogP contribution in [0.3, 0.4) is 0 Å². The molecule has 0 aromatic heterocycles. The molecule has 4 heteroatoms. The van der Waals surface area contributed by atoms with Crippen molar-refractivity contribution in [3.05, 3.63) is 35.5 Å². The standard InChI is InChI=1S/C15H20O4/c1-9-4-3-5-11(8-16)7-12(17)14-10(2)15(18)19-13(14)6-9/h4,7,12-14,16-17H,2-3,5-6,8H2,1H3/b9-4+,11-7-/t12-,13+,14+/m1/s1. The van der Waals surface area contributed by atoms with Crippen LogP contribution in [0.15, 0.2) is 35.5 Å². The van der Waals surface area contributed by atoms with Gasteiger partial charge in [-0.05, 0) is 25.3 Å². The third-order valence-corrected chi connectivity index (χ3v) is 3.78. The summed E-state index contributed by atoms with van der Waals surface area (Å²) in [7, 11) is 0. The van der Waals surface area contributed by atoms with Crippen LogP contribution < -0.4 is 0 Å². The van der Waals surface area contributed by atoms with Gasteiger partial charge in [0.1, 0.15) is 6.10 Å². The highest BCUT2D eigenvalue weighted by Gasteiger charge is 2.42. The van der Waals surface area contributed by atoms with Crippen LogP contribution >= 0.6 is 0 Å². The molecular weight excluding hydrogens is 244 g/mol. The quantitative estimate of drug-likeness (QED) is 0.428. The van der Waals surface area contributed by atoms with E-state index in [4.69, 9.17) is 4.74 Å². The maximum Gasteiger partial charge on any atom is 0.334 e. The van der Waals surface area contributed by atoms with Gasteiger partial charge >= 0.3 is 5.97 Å². The van der Waals surface area contributed by atoms with E-state index in [1.165, 1.54) is 0 Å². The van der Waals surface area contributed by atoms with E-state index in [1.807, 2.05) is 6.92 Å². The molecule has 2 aliphatic rings. The van der Waals surface area contributed by atoms with Gasteiger partial charge in [0.25, 0.3) is 0 Å². The second-order valence-corrected chi connectivity index (χ2v) is 5.26. The van der Waals surface area contributed by atoms with Gasteiger partial charge < -0.3 is 14.9 Å². The molecule has 2 N–H and O–H groups in total. The minimum absolute atomic E-state index is 0.0807. The Morgan fingerprint density at radius 2 is 2.26 bits per heavy atom. The van der Waals surface area contributed by atoms with Crippen molar-refractivity contribution in [1.29, 1.82) is 0 Å². The number of hydrogen-bond acceptors (Lipinski definition) is 4. The Kier molecular flexibility index (Phi) is 4.22. The lowest BCUT2D eigenvalue weighted by atomic mass is 9.86. The Bertz CT molecular complexity index is 447. The number of allylic oxidation sites excluding steroid dienone is 1. The molecule has 0 aromatic carbocycles. The van der Waals surface area contributed by atoms with Crippen LogP contribution in [0.2, 0.25) is 0 Å². The topological polar surface area (TPSA) is 66.8 Å². The third kappa shape index (κ3) is 2.96. The zero-order valence-electron chi connectivity index (χ0n) is 11.1. The third-order valence-electron chi connectivity index (χ3n) is 3.78. The molecule has 0 amide bonds. The number of rotatable bonds is 1. The summed E-state index contributed by atoms with van der Waals surface area (Å²) in [6.07, 6.45) is 4.68. The fourth-order valence-electron chi connectivity index (χ4n) is 2.71. The predicted molar refractivity (Wildman–Crippen MR) is 71.3 cm³/mol. The normalized spacial score (nSPS) is 37.7. The molecule has 0 bridgehead atoms. The highest BCUT2D eigenvalue weighted by atomic mass is 16.6. The Balaban J connectivity index is 2.33. The zero-order valence-corrected chi connectivity index (χ0v) is 11.1. The number of carbonyl (C=O) groups is 1. The molecule has 0 unspecified atom stereocenters. The molecular formula is C15H20O4. The fraction of sp³-hybridized carbons (Fsp3) is 0.533. The molecule has 2 rings (SSSR count). The van der Waals surface area contributed by atoms with Gasteiger partial charge in [-0.1, -0.05) is 24.3 Å². The van der Waals surface area contributed by atoms with Gasteiger partial charge in [-0.3, -0.25) is 0 Å². The smallest absolute Gasteiger partial charge is 0.334 e. The van der Waals surface area contributed by atoms with Crippen LogP contribution in [-0.2, 0) is 9.53 Å². The summed E-state index contributed by atoms with van der Waals surface area (Å²) in [5.41, 5.74) is 2.23. The van der Waals surface area contributed by atoms with Gasteiger partial charge in [-0.2, -0.15) is 0 Å². The van der Waals surface area contributed by atoms with E-state index < -0.39 is 18.0 Å². The van der Waals surface area contributed by atoms with E-state index in [0.29, 0.717) is 18.4 Å². The lowest BCUT2D eigenvalue weighted by Crippen LogP contribution is -2.29. The molecule has 0 saturated carbocycles. The molecule has 1 aliphatic carbocycles. The molecule has 104 valence electrons. The Labute approximate surface area is 113 Å². The van der Waals surface area contributed by atoms with Crippen molar-refractivity contribution in [3.63, 3.8) is 0 Å². The van der Waals surface area contributed by atoms with Crippen LogP contribution in [0.4, 0.5) is 0 Å². The predicted octanol–water partition coefficient (Wildman–Crippen LogP) is 1.49. The van der Waals surface area contributed by atoms with E-state index in [1.54, 1.807) is 6.08 Å². The Morgan fingerprint density at radius 1 is 1.53 bits per heavy atom. The number of ether oxygens (including phenoxy) is 1. The lowest BCUT2D eigenvalue weighted by molar-refractivity contribution is -0.139. The van der Waals surface area contributed by atoms with Crippen molar-refractivity contribution in [2.45, 2.75) is 38.4 Å². The first-order valence-electron chi connectivity index (χ1n) is 6.57. The first kappa shape index (κ1) is 14.0. The second-order valence-electron chi connectivity index (χ2n) is 5.26. The van der Waals surface area contributed by atoms with Crippen molar-refractivity contribution in [2.75, 3.05) is 6.61 Å². The van der Waals surface area contributed by atoms with Gasteiger partial charge in [-0.25, -0.2) is 4.79 Å². The van der Waals surface area contributed by atoms with Crippen molar-refractivity contribution in [3.8, 4) is 0 Å². The van der Waals surface area contributed by atoms with Crippen LogP contribution in [0, 0.1) is 5.92 Å². The monoisotopic (exact) mass is 264 g/mol. The largest absolute Gasteiger partial charge is 0.458 e. The van der Waals surface area contributed by atoms with Gasteiger partial charge in [0.15, 0.2) is 0 Å². The summed E-state index contributed by atoms with van der Waals surface area (Å²) >= 11 is 0. The number of aliphatic hydroxyl groups is 2. The number of esters is 1. The fourth-order valence-corrected chi connectivity index (χ4v) is 2.71. The molecule has 1 fully saturated rings. The number of aliphatic hydroxyl groups excluding tert-OH is 2. The van der Waals surface area contributed by atoms with E-state index in [-0.39, 0.29) is 12.7 Å². The number of carbonyl (C=O) groups excluding carboxylic acids is 1. The molecule has 0 radical (unpaired) electrons. The van der Waals surface area contributed by atoms with Gasteiger partial charge in [0, 0.05) is 12.0 Å². The number of fused-ring (bicyclic) bond motifs is 1. The summed E-state index contributed by atoms with van der Waals surface area (Å²) in [5.74, 6) is -0.851. The van der Waals surface area contributed by atoms with E-state index in [0.717, 1.165) is 17.6 Å².